The van der Waals surface area contributed by atoms with Crippen LogP contribution in [-0.4, -0.2) is 16.1 Å². The van der Waals surface area contributed by atoms with E-state index in [1.165, 1.54) is 12.1 Å². The quantitative estimate of drug-likeness (QED) is 0.632. The van der Waals surface area contributed by atoms with Crippen LogP contribution in [0.3, 0.4) is 0 Å². The number of phenols is 2. The van der Waals surface area contributed by atoms with E-state index in [4.69, 9.17) is 5.73 Å². The maximum Gasteiger partial charge on any atom is 0.255 e. The molecule has 0 aliphatic heterocycles. The average molecular weight is 272 g/mol. The summed E-state index contributed by atoms with van der Waals surface area (Å²) in [6.45, 7) is 3.69. The fourth-order valence-corrected chi connectivity index (χ4v) is 1.89. The molecule has 5 N–H and O–H groups in total. The maximum atomic E-state index is 12.1. The molecule has 104 valence electrons. The fourth-order valence-electron chi connectivity index (χ4n) is 1.89. The third kappa shape index (κ3) is 2.83. The summed E-state index contributed by atoms with van der Waals surface area (Å²) in [5, 5.41) is 21.5. The van der Waals surface area contributed by atoms with E-state index in [1.807, 2.05) is 13.8 Å². The Morgan fingerprint density at radius 1 is 1.00 bits per heavy atom. The summed E-state index contributed by atoms with van der Waals surface area (Å²) in [5.74, 6) is -0.746. The van der Waals surface area contributed by atoms with E-state index in [2.05, 4.69) is 5.32 Å². The fraction of sp³-hybridized carbons (Fsp3) is 0.133. The molecule has 0 aromatic heterocycles. The topological polar surface area (TPSA) is 95.6 Å². The molecule has 0 heterocycles. The molecule has 2 rings (SSSR count). The van der Waals surface area contributed by atoms with Crippen molar-refractivity contribution in [2.24, 2.45) is 0 Å². The number of nitrogens with one attached hydrogen (secondary N) is 1. The molecule has 0 aliphatic rings. The first kappa shape index (κ1) is 13.7. The standard InChI is InChI=1S/C15H16N2O3/c1-8-4-14(9(2)3-13(8)16)17-15(20)10-5-11(18)7-12(19)6-10/h3-7,18-19H,16H2,1-2H3,(H,17,20). The second-order valence-corrected chi connectivity index (χ2v) is 4.72. The zero-order valence-electron chi connectivity index (χ0n) is 11.3. The van der Waals surface area contributed by atoms with E-state index in [0.717, 1.165) is 17.2 Å². The maximum absolute atomic E-state index is 12.1. The number of phenolic OH excluding ortho intramolecular Hbond substituents is 2. The van der Waals surface area contributed by atoms with Gasteiger partial charge in [0.1, 0.15) is 11.5 Å². The number of amides is 1. The molecule has 5 heteroatoms. The summed E-state index contributed by atoms with van der Waals surface area (Å²) < 4.78 is 0. The molecule has 0 atom stereocenters. The molecule has 0 aliphatic carbocycles. The lowest BCUT2D eigenvalue weighted by Gasteiger charge is -2.11. The SMILES string of the molecule is Cc1cc(NC(=O)c2cc(O)cc(O)c2)c(C)cc1N. The van der Waals surface area contributed by atoms with Crippen molar-refractivity contribution in [1.29, 1.82) is 0 Å². The Balaban J connectivity index is 2.30. The van der Waals surface area contributed by atoms with Crippen LogP contribution in [0.25, 0.3) is 0 Å². The van der Waals surface area contributed by atoms with Gasteiger partial charge in [0.15, 0.2) is 0 Å². The van der Waals surface area contributed by atoms with Crippen LogP contribution in [0.2, 0.25) is 0 Å². The number of rotatable bonds is 2. The molecule has 0 fully saturated rings. The predicted octanol–water partition coefficient (Wildman–Crippen LogP) is 2.55. The molecule has 0 saturated carbocycles. The number of hydrogen-bond donors (Lipinski definition) is 4. The van der Waals surface area contributed by atoms with Crippen LogP contribution in [0.1, 0.15) is 21.5 Å². The van der Waals surface area contributed by atoms with E-state index < -0.39 is 5.91 Å². The summed E-state index contributed by atoms with van der Waals surface area (Å²) in [7, 11) is 0. The number of hydrogen-bond acceptors (Lipinski definition) is 4. The number of anilines is 2. The van der Waals surface area contributed by atoms with E-state index in [9.17, 15) is 15.0 Å². The molecule has 0 saturated heterocycles. The van der Waals surface area contributed by atoms with Gasteiger partial charge in [0.25, 0.3) is 5.91 Å². The van der Waals surface area contributed by atoms with Gasteiger partial charge in [0.2, 0.25) is 0 Å². The smallest absolute Gasteiger partial charge is 0.255 e. The lowest BCUT2D eigenvalue weighted by molar-refractivity contribution is 0.102. The van der Waals surface area contributed by atoms with Crippen LogP contribution in [0.15, 0.2) is 30.3 Å². The van der Waals surface area contributed by atoms with Crippen molar-refractivity contribution in [1.82, 2.24) is 0 Å². The highest BCUT2D eigenvalue weighted by molar-refractivity contribution is 6.05. The molecule has 0 bridgehead atoms. The van der Waals surface area contributed by atoms with E-state index in [-0.39, 0.29) is 17.1 Å². The molecular formula is C15H16N2O3. The second-order valence-electron chi connectivity index (χ2n) is 4.72. The van der Waals surface area contributed by atoms with Crippen LogP contribution in [-0.2, 0) is 0 Å². The molecule has 2 aromatic rings. The minimum Gasteiger partial charge on any atom is -0.508 e. The Kier molecular flexibility index (Phi) is 3.52. The van der Waals surface area contributed by atoms with Crippen molar-refractivity contribution in [2.75, 3.05) is 11.1 Å². The predicted molar refractivity (Wildman–Crippen MR) is 78.1 cm³/mol. The molecule has 0 spiro atoms. The molecule has 2 aromatic carbocycles. The highest BCUT2D eigenvalue weighted by Gasteiger charge is 2.11. The summed E-state index contributed by atoms with van der Waals surface area (Å²) in [4.78, 5) is 12.1. The number of aryl methyl sites for hydroxylation is 2. The van der Waals surface area contributed by atoms with E-state index in [0.29, 0.717) is 11.4 Å². The number of aromatic hydroxyl groups is 2. The van der Waals surface area contributed by atoms with Gasteiger partial charge in [-0.3, -0.25) is 4.79 Å². The summed E-state index contributed by atoms with van der Waals surface area (Å²) in [6.07, 6.45) is 0. The molecule has 1 amide bonds. The van der Waals surface area contributed by atoms with Crippen molar-refractivity contribution in [3.05, 3.63) is 47.0 Å². The largest absolute Gasteiger partial charge is 0.508 e. The second kappa shape index (κ2) is 5.13. The van der Waals surface area contributed by atoms with Gasteiger partial charge in [-0.05, 0) is 49.2 Å². The Morgan fingerprint density at radius 3 is 2.20 bits per heavy atom. The summed E-state index contributed by atoms with van der Waals surface area (Å²) in [6, 6.07) is 7.30. The van der Waals surface area contributed by atoms with Crippen LogP contribution in [0.4, 0.5) is 11.4 Å². The third-order valence-electron chi connectivity index (χ3n) is 3.03. The van der Waals surface area contributed by atoms with Crippen molar-refractivity contribution in [3.63, 3.8) is 0 Å². The highest BCUT2D eigenvalue weighted by atomic mass is 16.3. The summed E-state index contributed by atoms with van der Waals surface area (Å²) in [5.41, 5.74) is 8.98. The van der Waals surface area contributed by atoms with Gasteiger partial charge < -0.3 is 21.3 Å². The number of benzene rings is 2. The van der Waals surface area contributed by atoms with Gasteiger partial charge in [-0.2, -0.15) is 0 Å². The Morgan fingerprint density at radius 2 is 1.60 bits per heavy atom. The normalized spacial score (nSPS) is 10.3. The zero-order chi connectivity index (χ0) is 14.9. The monoisotopic (exact) mass is 272 g/mol. The van der Waals surface area contributed by atoms with Gasteiger partial charge in [0, 0.05) is 23.0 Å². The first-order valence-electron chi connectivity index (χ1n) is 6.08. The first-order valence-corrected chi connectivity index (χ1v) is 6.08. The lowest BCUT2D eigenvalue weighted by Crippen LogP contribution is -2.13. The zero-order valence-corrected chi connectivity index (χ0v) is 11.3. The molecular weight excluding hydrogens is 256 g/mol. The first-order chi connectivity index (χ1) is 9.36. The van der Waals surface area contributed by atoms with Crippen LogP contribution in [0, 0.1) is 13.8 Å². The van der Waals surface area contributed by atoms with E-state index in [1.54, 1.807) is 12.1 Å². The van der Waals surface area contributed by atoms with Gasteiger partial charge in [-0.1, -0.05) is 0 Å². The van der Waals surface area contributed by atoms with E-state index >= 15 is 0 Å². The number of carbonyl (C=O) groups excluding carboxylic acids is 1. The molecule has 0 unspecified atom stereocenters. The average Bonchev–Trinajstić information content (AvgIpc) is 2.34. The van der Waals surface area contributed by atoms with Crippen molar-refractivity contribution < 1.29 is 15.0 Å². The minimum absolute atomic E-state index is 0.166. The minimum atomic E-state index is -0.413. The molecule has 5 nitrogen and oxygen atoms in total. The van der Waals surface area contributed by atoms with Gasteiger partial charge >= 0.3 is 0 Å². The molecule has 20 heavy (non-hydrogen) atoms. The van der Waals surface area contributed by atoms with Crippen molar-refractivity contribution >= 4 is 17.3 Å². The number of nitrogen functional groups attached to an aromatic ring is 1. The Hall–Kier alpha value is -2.69. The number of nitrogens with two attached hydrogens (primary N) is 1. The Labute approximate surface area is 116 Å². The van der Waals surface area contributed by atoms with Crippen LogP contribution < -0.4 is 11.1 Å². The van der Waals surface area contributed by atoms with Crippen LogP contribution >= 0.6 is 0 Å². The van der Waals surface area contributed by atoms with Crippen LogP contribution in [0.5, 0.6) is 11.5 Å². The van der Waals surface area contributed by atoms with Crippen molar-refractivity contribution in [2.45, 2.75) is 13.8 Å². The third-order valence-corrected chi connectivity index (χ3v) is 3.03. The van der Waals surface area contributed by atoms with Gasteiger partial charge in [-0.15, -0.1) is 0 Å². The number of carbonyl (C=O) groups is 1. The summed E-state index contributed by atoms with van der Waals surface area (Å²) >= 11 is 0. The molecule has 0 radical (unpaired) electrons. The highest BCUT2D eigenvalue weighted by Crippen LogP contribution is 2.24. The van der Waals surface area contributed by atoms with Gasteiger partial charge in [-0.25, -0.2) is 0 Å². The lowest BCUT2D eigenvalue weighted by atomic mass is 10.1. The van der Waals surface area contributed by atoms with Crippen molar-refractivity contribution in [3.8, 4) is 11.5 Å². The van der Waals surface area contributed by atoms with Gasteiger partial charge in [0.05, 0.1) is 0 Å². The Bertz CT molecular complexity index is 661.